The lowest BCUT2D eigenvalue weighted by Gasteiger charge is -2.36. The highest BCUT2D eigenvalue weighted by atomic mass is 16.1. The van der Waals surface area contributed by atoms with E-state index in [1.54, 1.807) is 0 Å². The Morgan fingerprint density at radius 2 is 1.73 bits per heavy atom. The summed E-state index contributed by atoms with van der Waals surface area (Å²) < 4.78 is 0. The molecule has 0 radical (unpaired) electrons. The molecule has 0 aromatic rings. The average molecular weight is 210 g/mol. The molecule has 3 heteroatoms. The van der Waals surface area contributed by atoms with Gasteiger partial charge in [-0.25, -0.2) is 0 Å². The van der Waals surface area contributed by atoms with E-state index in [1.807, 2.05) is 0 Å². The normalized spacial score (nSPS) is 25.9. The summed E-state index contributed by atoms with van der Waals surface area (Å²) in [6.45, 7) is 0. The van der Waals surface area contributed by atoms with Gasteiger partial charge in [-0.1, -0.05) is 25.7 Å². The van der Waals surface area contributed by atoms with E-state index in [0.717, 1.165) is 0 Å². The third-order valence-electron chi connectivity index (χ3n) is 3.95. The Labute approximate surface area is 91.8 Å². The van der Waals surface area contributed by atoms with Crippen LogP contribution in [0.25, 0.3) is 0 Å². The first-order chi connectivity index (χ1) is 7.27. The number of nitrogens with two attached hydrogens (primary N) is 1. The van der Waals surface area contributed by atoms with Crippen LogP contribution in [0.15, 0.2) is 0 Å². The van der Waals surface area contributed by atoms with Gasteiger partial charge in [0, 0.05) is 6.04 Å². The average Bonchev–Trinajstić information content (AvgIpc) is 2.15. The van der Waals surface area contributed by atoms with E-state index in [-0.39, 0.29) is 11.9 Å². The van der Waals surface area contributed by atoms with Gasteiger partial charge in [0.25, 0.3) is 0 Å². The molecule has 2 aliphatic rings. The van der Waals surface area contributed by atoms with E-state index in [0.29, 0.717) is 12.0 Å². The van der Waals surface area contributed by atoms with Crippen LogP contribution in [0, 0.1) is 5.92 Å². The highest BCUT2D eigenvalue weighted by Crippen LogP contribution is 2.30. The maximum absolute atomic E-state index is 11.4. The molecule has 0 spiro atoms. The molecule has 0 aromatic carbocycles. The lowest BCUT2D eigenvalue weighted by atomic mass is 9.78. The molecular formula is C12H22N2O. The van der Waals surface area contributed by atoms with Crippen LogP contribution in [0.1, 0.15) is 51.4 Å². The summed E-state index contributed by atoms with van der Waals surface area (Å²) >= 11 is 0. The first-order valence-corrected chi connectivity index (χ1v) is 6.33. The lowest BCUT2D eigenvalue weighted by molar-refractivity contribution is -0.122. The Morgan fingerprint density at radius 3 is 2.20 bits per heavy atom. The topological polar surface area (TPSA) is 55.1 Å². The molecule has 0 heterocycles. The smallest absolute Gasteiger partial charge is 0.234 e. The molecule has 2 fully saturated rings. The molecule has 0 saturated heterocycles. The Morgan fingerprint density at radius 1 is 1.07 bits per heavy atom. The predicted molar refractivity (Wildman–Crippen MR) is 60.3 cm³/mol. The zero-order valence-electron chi connectivity index (χ0n) is 9.37. The largest absolute Gasteiger partial charge is 0.368 e. The molecule has 2 saturated carbocycles. The number of carbonyl (C=O) groups excluding carboxylic acids is 1. The second-order valence-electron chi connectivity index (χ2n) is 5.07. The first-order valence-electron chi connectivity index (χ1n) is 6.33. The molecule has 86 valence electrons. The van der Waals surface area contributed by atoms with Crippen molar-refractivity contribution in [3.63, 3.8) is 0 Å². The van der Waals surface area contributed by atoms with Crippen LogP contribution in [-0.2, 0) is 4.79 Å². The van der Waals surface area contributed by atoms with Crippen LogP contribution in [-0.4, -0.2) is 18.0 Å². The third-order valence-corrected chi connectivity index (χ3v) is 3.95. The van der Waals surface area contributed by atoms with Gasteiger partial charge in [0.1, 0.15) is 0 Å². The lowest BCUT2D eigenvalue weighted by Crippen LogP contribution is -2.52. The minimum atomic E-state index is -0.148. The minimum Gasteiger partial charge on any atom is -0.368 e. The van der Waals surface area contributed by atoms with Crippen molar-refractivity contribution in [1.29, 1.82) is 0 Å². The molecule has 2 aliphatic carbocycles. The van der Waals surface area contributed by atoms with Crippen LogP contribution in [0.5, 0.6) is 0 Å². The highest BCUT2D eigenvalue weighted by molar-refractivity contribution is 5.80. The number of hydrogen-bond acceptors (Lipinski definition) is 2. The van der Waals surface area contributed by atoms with Crippen molar-refractivity contribution >= 4 is 5.91 Å². The summed E-state index contributed by atoms with van der Waals surface area (Å²) in [5, 5.41) is 3.48. The summed E-state index contributed by atoms with van der Waals surface area (Å²) in [4.78, 5) is 11.4. The van der Waals surface area contributed by atoms with Gasteiger partial charge in [-0.2, -0.15) is 0 Å². The fraction of sp³-hybridized carbons (Fsp3) is 0.917. The van der Waals surface area contributed by atoms with Crippen molar-refractivity contribution in [2.24, 2.45) is 11.7 Å². The van der Waals surface area contributed by atoms with Crippen LogP contribution in [0.4, 0.5) is 0 Å². The Balaban J connectivity index is 1.84. The van der Waals surface area contributed by atoms with Crippen LogP contribution >= 0.6 is 0 Å². The van der Waals surface area contributed by atoms with Crippen molar-refractivity contribution in [2.45, 2.75) is 63.5 Å². The molecule has 3 nitrogen and oxygen atoms in total. The van der Waals surface area contributed by atoms with Crippen molar-refractivity contribution in [1.82, 2.24) is 5.32 Å². The first kappa shape index (κ1) is 10.9. The van der Waals surface area contributed by atoms with E-state index in [9.17, 15) is 4.79 Å². The summed E-state index contributed by atoms with van der Waals surface area (Å²) in [7, 11) is 0. The van der Waals surface area contributed by atoms with Gasteiger partial charge in [0.2, 0.25) is 5.91 Å². The summed E-state index contributed by atoms with van der Waals surface area (Å²) in [5.41, 5.74) is 5.46. The monoisotopic (exact) mass is 210 g/mol. The molecule has 2 rings (SSSR count). The third kappa shape index (κ3) is 2.71. The fourth-order valence-electron chi connectivity index (χ4n) is 2.75. The zero-order chi connectivity index (χ0) is 10.7. The quantitative estimate of drug-likeness (QED) is 0.740. The van der Waals surface area contributed by atoms with Crippen molar-refractivity contribution in [2.75, 3.05) is 0 Å². The van der Waals surface area contributed by atoms with Gasteiger partial charge in [-0.05, 0) is 31.6 Å². The van der Waals surface area contributed by atoms with Crippen LogP contribution in [0.2, 0.25) is 0 Å². The standard InChI is InChI=1S/C12H22N2O/c13-12(15)11(9-5-4-6-9)14-10-7-2-1-3-8-10/h9-11,14H,1-8H2,(H2,13,15). The molecular weight excluding hydrogens is 188 g/mol. The Hall–Kier alpha value is -0.570. The summed E-state index contributed by atoms with van der Waals surface area (Å²) in [5.74, 6) is 0.370. The number of hydrogen-bond donors (Lipinski definition) is 2. The molecule has 3 N–H and O–H groups in total. The SMILES string of the molecule is NC(=O)C(NC1CCCCC1)C1CCC1. The fourth-order valence-corrected chi connectivity index (χ4v) is 2.75. The van der Waals surface area contributed by atoms with Gasteiger partial charge in [0.05, 0.1) is 6.04 Å². The molecule has 1 unspecified atom stereocenters. The van der Waals surface area contributed by atoms with E-state index >= 15 is 0 Å². The summed E-state index contributed by atoms with van der Waals surface area (Å²) in [6, 6.07) is 0.485. The Kier molecular flexibility index (Phi) is 3.62. The van der Waals surface area contributed by atoms with Crippen molar-refractivity contribution in [3.8, 4) is 0 Å². The zero-order valence-corrected chi connectivity index (χ0v) is 9.37. The number of nitrogens with one attached hydrogen (secondary N) is 1. The van der Waals surface area contributed by atoms with E-state index in [2.05, 4.69) is 5.32 Å². The predicted octanol–water partition coefficient (Wildman–Crippen LogP) is 1.56. The summed E-state index contributed by atoms with van der Waals surface area (Å²) in [6.07, 6.45) is 10.00. The van der Waals surface area contributed by atoms with Crippen LogP contribution in [0.3, 0.4) is 0 Å². The number of carbonyl (C=O) groups is 1. The molecule has 0 aliphatic heterocycles. The number of rotatable bonds is 4. The van der Waals surface area contributed by atoms with Crippen LogP contribution < -0.4 is 11.1 Å². The Bertz CT molecular complexity index is 220. The van der Waals surface area contributed by atoms with E-state index in [1.165, 1.54) is 51.4 Å². The van der Waals surface area contributed by atoms with E-state index < -0.39 is 0 Å². The van der Waals surface area contributed by atoms with Gasteiger partial charge in [0.15, 0.2) is 0 Å². The molecule has 0 aromatic heterocycles. The number of amides is 1. The highest BCUT2D eigenvalue weighted by Gasteiger charge is 2.32. The van der Waals surface area contributed by atoms with Crippen molar-refractivity contribution < 1.29 is 4.79 Å². The van der Waals surface area contributed by atoms with Crippen molar-refractivity contribution in [3.05, 3.63) is 0 Å². The maximum Gasteiger partial charge on any atom is 0.234 e. The second kappa shape index (κ2) is 4.97. The van der Waals surface area contributed by atoms with Gasteiger partial charge < -0.3 is 11.1 Å². The maximum atomic E-state index is 11.4. The second-order valence-corrected chi connectivity index (χ2v) is 5.07. The van der Waals surface area contributed by atoms with Gasteiger partial charge in [-0.15, -0.1) is 0 Å². The van der Waals surface area contributed by atoms with E-state index in [4.69, 9.17) is 5.73 Å². The molecule has 15 heavy (non-hydrogen) atoms. The molecule has 0 bridgehead atoms. The van der Waals surface area contributed by atoms with Gasteiger partial charge in [-0.3, -0.25) is 4.79 Å². The minimum absolute atomic E-state index is 0.0538. The number of primary amides is 1. The molecule has 1 atom stereocenters. The van der Waals surface area contributed by atoms with Gasteiger partial charge >= 0.3 is 0 Å². The molecule has 1 amide bonds.